The lowest BCUT2D eigenvalue weighted by atomic mass is 10.0. The largest absolute Gasteiger partial charge is 0.493 e. The number of aromatic nitrogens is 2. The summed E-state index contributed by atoms with van der Waals surface area (Å²) in [5.41, 5.74) is 0.804. The van der Waals surface area contributed by atoms with Gasteiger partial charge in [0.2, 0.25) is 0 Å². The first-order valence-corrected chi connectivity index (χ1v) is 5.87. The van der Waals surface area contributed by atoms with Gasteiger partial charge in [0.15, 0.2) is 5.75 Å². The molecule has 0 aliphatic carbocycles. The van der Waals surface area contributed by atoms with E-state index in [1.54, 1.807) is 13.3 Å². The van der Waals surface area contributed by atoms with Crippen LogP contribution in [0.1, 0.15) is 45.4 Å². The second kappa shape index (κ2) is 5.89. The molecule has 0 saturated carbocycles. The fourth-order valence-electron chi connectivity index (χ4n) is 1.82. The lowest BCUT2D eigenvalue weighted by Gasteiger charge is -2.16. The number of aryl methyl sites for hydroxylation is 1. The molecule has 1 rings (SSSR count). The Hall–Kier alpha value is -1.03. The van der Waals surface area contributed by atoms with Crippen molar-refractivity contribution in [3.63, 3.8) is 0 Å². The van der Waals surface area contributed by atoms with E-state index in [0.717, 1.165) is 25.1 Å². The molecule has 1 aromatic heterocycles. The number of aliphatic hydroxyl groups excluding tert-OH is 1. The smallest absolute Gasteiger partial charge is 0.162 e. The quantitative estimate of drug-likeness (QED) is 0.810. The topological polar surface area (TPSA) is 47.3 Å². The molecule has 1 heterocycles. The number of methoxy groups -OCH3 is 1. The van der Waals surface area contributed by atoms with Gasteiger partial charge in [-0.1, -0.05) is 20.8 Å². The summed E-state index contributed by atoms with van der Waals surface area (Å²) in [6.45, 7) is 7.09. The van der Waals surface area contributed by atoms with Crippen molar-refractivity contribution in [1.82, 2.24) is 9.78 Å². The minimum Gasteiger partial charge on any atom is -0.493 e. The van der Waals surface area contributed by atoms with Crippen LogP contribution in [0.4, 0.5) is 0 Å². The molecule has 0 fully saturated rings. The first-order valence-electron chi connectivity index (χ1n) is 5.87. The van der Waals surface area contributed by atoms with Gasteiger partial charge in [0, 0.05) is 6.54 Å². The zero-order valence-corrected chi connectivity index (χ0v) is 10.6. The predicted octanol–water partition coefficient (Wildman–Crippen LogP) is 2.38. The molecule has 0 aliphatic heterocycles. The molecule has 1 aromatic rings. The molecular weight excluding hydrogens is 204 g/mol. The van der Waals surface area contributed by atoms with Gasteiger partial charge in [0.25, 0.3) is 0 Å². The summed E-state index contributed by atoms with van der Waals surface area (Å²) in [5, 5.41) is 14.4. The Labute approximate surface area is 97.2 Å². The number of aliphatic hydroxyl groups is 1. The van der Waals surface area contributed by atoms with Crippen molar-refractivity contribution in [2.75, 3.05) is 7.11 Å². The third-order valence-corrected chi connectivity index (χ3v) is 2.51. The molecule has 16 heavy (non-hydrogen) atoms. The van der Waals surface area contributed by atoms with Crippen LogP contribution in [0.15, 0.2) is 6.20 Å². The van der Waals surface area contributed by atoms with E-state index in [0.29, 0.717) is 11.7 Å². The first-order chi connectivity index (χ1) is 7.60. The van der Waals surface area contributed by atoms with E-state index in [1.165, 1.54) is 0 Å². The maximum atomic E-state index is 10.2. The van der Waals surface area contributed by atoms with Crippen LogP contribution in [-0.2, 0) is 6.54 Å². The molecule has 1 atom stereocenters. The maximum absolute atomic E-state index is 10.2. The highest BCUT2D eigenvalue weighted by molar-refractivity contribution is 5.27. The average molecular weight is 226 g/mol. The van der Waals surface area contributed by atoms with E-state index in [9.17, 15) is 5.11 Å². The Kier molecular flexibility index (Phi) is 4.80. The maximum Gasteiger partial charge on any atom is 0.162 e. The summed E-state index contributed by atoms with van der Waals surface area (Å²) in [7, 11) is 1.61. The van der Waals surface area contributed by atoms with Crippen molar-refractivity contribution >= 4 is 0 Å². The molecule has 0 bridgehead atoms. The van der Waals surface area contributed by atoms with Crippen LogP contribution < -0.4 is 4.74 Å². The van der Waals surface area contributed by atoms with Gasteiger partial charge in [0.05, 0.1) is 19.4 Å². The molecule has 4 heteroatoms. The van der Waals surface area contributed by atoms with Gasteiger partial charge in [0.1, 0.15) is 5.69 Å². The standard InChI is InChI=1S/C12H22N2O2/c1-5-6-14-12(10(15)7-9(2)3)11(16-4)8-13-14/h8-10,15H,5-7H2,1-4H3. The van der Waals surface area contributed by atoms with Crippen LogP contribution >= 0.6 is 0 Å². The minimum atomic E-state index is -0.496. The van der Waals surface area contributed by atoms with E-state index in [-0.39, 0.29) is 0 Å². The van der Waals surface area contributed by atoms with Gasteiger partial charge in [-0.3, -0.25) is 4.68 Å². The molecular formula is C12H22N2O2. The number of hydrogen-bond donors (Lipinski definition) is 1. The molecule has 1 N–H and O–H groups in total. The SMILES string of the molecule is CCCn1ncc(OC)c1C(O)CC(C)C. The summed E-state index contributed by atoms with van der Waals surface area (Å²) >= 11 is 0. The summed E-state index contributed by atoms with van der Waals surface area (Å²) in [5.74, 6) is 1.13. The van der Waals surface area contributed by atoms with E-state index in [1.807, 2.05) is 4.68 Å². The highest BCUT2D eigenvalue weighted by atomic mass is 16.5. The molecule has 4 nitrogen and oxygen atoms in total. The molecule has 0 saturated heterocycles. The number of hydrogen-bond acceptors (Lipinski definition) is 3. The van der Waals surface area contributed by atoms with Crippen molar-refractivity contribution < 1.29 is 9.84 Å². The number of ether oxygens (including phenoxy) is 1. The van der Waals surface area contributed by atoms with Crippen molar-refractivity contribution in [3.8, 4) is 5.75 Å². The van der Waals surface area contributed by atoms with E-state index in [2.05, 4.69) is 25.9 Å². The Bertz CT molecular complexity index is 321. The summed E-state index contributed by atoms with van der Waals surface area (Å²) in [6.07, 6.45) is 2.90. The highest BCUT2D eigenvalue weighted by Gasteiger charge is 2.20. The molecule has 0 aliphatic rings. The van der Waals surface area contributed by atoms with Gasteiger partial charge in [-0.15, -0.1) is 0 Å². The van der Waals surface area contributed by atoms with Crippen molar-refractivity contribution in [2.24, 2.45) is 5.92 Å². The van der Waals surface area contributed by atoms with Crippen molar-refractivity contribution in [2.45, 2.75) is 46.3 Å². The third-order valence-electron chi connectivity index (χ3n) is 2.51. The van der Waals surface area contributed by atoms with Crippen LogP contribution in [0.5, 0.6) is 5.75 Å². The summed E-state index contributed by atoms with van der Waals surface area (Å²) < 4.78 is 7.07. The molecule has 0 aromatic carbocycles. The Morgan fingerprint density at radius 2 is 2.19 bits per heavy atom. The average Bonchev–Trinajstić information content (AvgIpc) is 2.60. The van der Waals surface area contributed by atoms with Crippen LogP contribution in [0, 0.1) is 5.92 Å². The summed E-state index contributed by atoms with van der Waals surface area (Å²) in [4.78, 5) is 0. The second-order valence-corrected chi connectivity index (χ2v) is 4.47. The zero-order chi connectivity index (χ0) is 12.1. The number of nitrogens with zero attached hydrogens (tertiary/aromatic N) is 2. The molecule has 0 radical (unpaired) electrons. The Balaban J connectivity index is 2.92. The van der Waals surface area contributed by atoms with Crippen LogP contribution in [-0.4, -0.2) is 22.0 Å². The van der Waals surface area contributed by atoms with Gasteiger partial charge < -0.3 is 9.84 Å². The van der Waals surface area contributed by atoms with E-state index < -0.39 is 6.10 Å². The highest BCUT2D eigenvalue weighted by Crippen LogP contribution is 2.29. The number of rotatable bonds is 6. The van der Waals surface area contributed by atoms with Gasteiger partial charge in [-0.2, -0.15) is 5.10 Å². The van der Waals surface area contributed by atoms with Crippen LogP contribution in [0.25, 0.3) is 0 Å². The van der Waals surface area contributed by atoms with E-state index in [4.69, 9.17) is 4.74 Å². The Morgan fingerprint density at radius 1 is 1.50 bits per heavy atom. The van der Waals surface area contributed by atoms with Crippen molar-refractivity contribution in [1.29, 1.82) is 0 Å². The lowest BCUT2D eigenvalue weighted by molar-refractivity contribution is 0.137. The fraction of sp³-hybridized carbons (Fsp3) is 0.750. The fourth-order valence-corrected chi connectivity index (χ4v) is 1.82. The lowest BCUT2D eigenvalue weighted by Crippen LogP contribution is -2.11. The minimum absolute atomic E-state index is 0.449. The predicted molar refractivity (Wildman–Crippen MR) is 63.5 cm³/mol. The second-order valence-electron chi connectivity index (χ2n) is 4.47. The third kappa shape index (κ3) is 2.98. The Morgan fingerprint density at radius 3 is 2.69 bits per heavy atom. The summed E-state index contributed by atoms with van der Waals surface area (Å²) in [6, 6.07) is 0. The van der Waals surface area contributed by atoms with E-state index >= 15 is 0 Å². The van der Waals surface area contributed by atoms with Gasteiger partial charge >= 0.3 is 0 Å². The molecule has 0 amide bonds. The molecule has 92 valence electrons. The monoisotopic (exact) mass is 226 g/mol. The zero-order valence-electron chi connectivity index (χ0n) is 10.6. The van der Waals surface area contributed by atoms with Gasteiger partial charge in [-0.25, -0.2) is 0 Å². The van der Waals surface area contributed by atoms with Crippen LogP contribution in [0.2, 0.25) is 0 Å². The van der Waals surface area contributed by atoms with Crippen molar-refractivity contribution in [3.05, 3.63) is 11.9 Å². The first kappa shape index (κ1) is 13.0. The molecule has 1 unspecified atom stereocenters. The molecule has 0 spiro atoms. The van der Waals surface area contributed by atoms with Gasteiger partial charge in [-0.05, 0) is 18.8 Å². The van der Waals surface area contributed by atoms with Crippen LogP contribution in [0.3, 0.4) is 0 Å². The normalized spacial score (nSPS) is 13.1.